The van der Waals surface area contributed by atoms with Gasteiger partial charge in [0.15, 0.2) is 0 Å². The summed E-state index contributed by atoms with van der Waals surface area (Å²) in [5.41, 5.74) is 1.99. The van der Waals surface area contributed by atoms with E-state index in [1.165, 1.54) is 12.5 Å². The Morgan fingerprint density at radius 1 is 1.16 bits per heavy atom. The molecule has 0 aliphatic heterocycles. The van der Waals surface area contributed by atoms with Crippen LogP contribution in [0.1, 0.15) is 90.8 Å². The average Bonchev–Trinajstić information content (AvgIpc) is 2.59. The average molecular weight is 356 g/mol. The van der Waals surface area contributed by atoms with Crippen molar-refractivity contribution in [3.8, 4) is 0 Å². The Kier molecular flexibility index (Phi) is 18.9. The van der Waals surface area contributed by atoms with E-state index in [2.05, 4.69) is 13.8 Å². The SMILES string of the molecule is CC.CC.CCC.CCC(C)c1cc(CC(=O)O)c(C)cc1[N+](=O)[O-]. The van der Waals surface area contributed by atoms with E-state index in [1.807, 2.05) is 41.5 Å². The predicted octanol–water partition coefficient (Wildman–Crippen LogP) is 6.51. The van der Waals surface area contributed by atoms with Crippen molar-refractivity contribution in [1.82, 2.24) is 0 Å². The van der Waals surface area contributed by atoms with Gasteiger partial charge in [-0.2, -0.15) is 0 Å². The third-order valence-corrected chi connectivity index (χ3v) is 3.17. The van der Waals surface area contributed by atoms with Gasteiger partial charge < -0.3 is 5.11 Å². The highest BCUT2D eigenvalue weighted by Gasteiger charge is 2.20. The van der Waals surface area contributed by atoms with Gasteiger partial charge in [0, 0.05) is 11.6 Å². The zero-order valence-electron chi connectivity index (χ0n) is 17.5. The summed E-state index contributed by atoms with van der Waals surface area (Å²) in [5, 5.41) is 19.8. The zero-order valence-corrected chi connectivity index (χ0v) is 17.5. The molecule has 0 amide bonds. The predicted molar refractivity (Wildman–Crippen MR) is 107 cm³/mol. The number of carboxylic acid groups (broad SMARTS) is 1. The Balaban J connectivity index is -0.000000605. The summed E-state index contributed by atoms with van der Waals surface area (Å²) in [5.74, 6) is -0.888. The second-order valence-corrected chi connectivity index (χ2v) is 5.18. The number of nitro benzene ring substituents is 1. The van der Waals surface area contributed by atoms with E-state index in [-0.39, 0.29) is 18.0 Å². The molecule has 0 spiro atoms. The Labute approximate surface area is 153 Å². The van der Waals surface area contributed by atoms with E-state index in [0.717, 1.165) is 6.42 Å². The van der Waals surface area contributed by atoms with E-state index < -0.39 is 10.9 Å². The fraction of sp³-hybridized carbons (Fsp3) is 0.650. The van der Waals surface area contributed by atoms with Crippen LogP contribution in [-0.2, 0) is 11.2 Å². The number of benzene rings is 1. The topological polar surface area (TPSA) is 80.4 Å². The molecule has 0 saturated heterocycles. The van der Waals surface area contributed by atoms with Gasteiger partial charge in [0.1, 0.15) is 0 Å². The van der Waals surface area contributed by atoms with Crippen LogP contribution in [0.5, 0.6) is 0 Å². The van der Waals surface area contributed by atoms with Crippen molar-refractivity contribution in [2.24, 2.45) is 0 Å². The van der Waals surface area contributed by atoms with Crippen LogP contribution >= 0.6 is 0 Å². The second-order valence-electron chi connectivity index (χ2n) is 5.18. The summed E-state index contributed by atoms with van der Waals surface area (Å²) in [6.07, 6.45) is 1.92. The molecule has 146 valence electrons. The Morgan fingerprint density at radius 2 is 1.60 bits per heavy atom. The van der Waals surface area contributed by atoms with Gasteiger partial charge >= 0.3 is 5.97 Å². The zero-order chi connectivity index (χ0) is 20.6. The van der Waals surface area contributed by atoms with E-state index >= 15 is 0 Å². The molecular weight excluding hydrogens is 318 g/mol. The number of rotatable bonds is 5. The van der Waals surface area contributed by atoms with Crippen LogP contribution in [0.3, 0.4) is 0 Å². The summed E-state index contributed by atoms with van der Waals surface area (Å²) in [4.78, 5) is 21.4. The van der Waals surface area contributed by atoms with Crippen LogP contribution in [0.15, 0.2) is 12.1 Å². The Hall–Kier alpha value is -1.91. The number of nitrogens with zero attached hydrogens (tertiary/aromatic N) is 1. The molecule has 25 heavy (non-hydrogen) atoms. The lowest BCUT2D eigenvalue weighted by Gasteiger charge is -2.13. The van der Waals surface area contributed by atoms with E-state index in [4.69, 9.17) is 5.11 Å². The molecule has 1 N–H and O–H groups in total. The first-order valence-corrected chi connectivity index (χ1v) is 9.27. The minimum Gasteiger partial charge on any atom is -0.481 e. The van der Waals surface area contributed by atoms with Crippen LogP contribution < -0.4 is 0 Å². The highest BCUT2D eigenvalue weighted by Crippen LogP contribution is 2.31. The Morgan fingerprint density at radius 3 is 1.92 bits per heavy atom. The third-order valence-electron chi connectivity index (χ3n) is 3.17. The smallest absolute Gasteiger partial charge is 0.307 e. The van der Waals surface area contributed by atoms with Crippen molar-refractivity contribution in [2.75, 3.05) is 0 Å². The Bertz CT molecular complexity index is 499. The molecule has 1 atom stereocenters. The van der Waals surface area contributed by atoms with Crippen LogP contribution in [0.25, 0.3) is 0 Å². The molecule has 1 rings (SSSR count). The molecular formula is C20H37NO4. The fourth-order valence-corrected chi connectivity index (χ4v) is 1.88. The molecule has 1 unspecified atom stereocenters. The van der Waals surface area contributed by atoms with Crippen molar-refractivity contribution in [3.05, 3.63) is 38.9 Å². The maximum Gasteiger partial charge on any atom is 0.307 e. The first kappa shape index (κ1) is 27.9. The lowest BCUT2D eigenvalue weighted by atomic mass is 9.92. The van der Waals surface area contributed by atoms with Gasteiger partial charge in [-0.1, -0.05) is 61.8 Å². The summed E-state index contributed by atoms with van der Waals surface area (Å²) < 4.78 is 0. The largest absolute Gasteiger partial charge is 0.481 e. The summed E-state index contributed by atoms with van der Waals surface area (Å²) in [6.45, 7) is 17.8. The van der Waals surface area contributed by atoms with E-state index in [1.54, 1.807) is 13.0 Å². The van der Waals surface area contributed by atoms with Crippen molar-refractivity contribution in [2.45, 2.75) is 87.5 Å². The van der Waals surface area contributed by atoms with Gasteiger partial charge in [-0.3, -0.25) is 14.9 Å². The molecule has 0 aromatic heterocycles. The van der Waals surface area contributed by atoms with Gasteiger partial charge in [-0.05, 0) is 36.5 Å². The van der Waals surface area contributed by atoms with Crippen LogP contribution in [0.2, 0.25) is 0 Å². The number of carboxylic acids is 1. The van der Waals surface area contributed by atoms with Crippen LogP contribution in [0.4, 0.5) is 5.69 Å². The lowest BCUT2D eigenvalue weighted by Crippen LogP contribution is -2.06. The maximum atomic E-state index is 11.0. The second kappa shape index (κ2) is 16.9. The molecule has 0 fully saturated rings. The standard InChI is InChI=1S/C13H17NO4.C3H8.2C2H6/c1-4-8(2)11-6-10(7-13(15)16)9(3)5-12(11)14(17)18;1-3-2;2*1-2/h5-6,8H,4,7H2,1-3H3,(H,15,16);3H2,1-2H3;2*1-2H3. The van der Waals surface area contributed by atoms with Gasteiger partial charge in [0.05, 0.1) is 11.3 Å². The third kappa shape index (κ3) is 11.3. The molecule has 0 saturated carbocycles. The molecule has 0 heterocycles. The monoisotopic (exact) mass is 355 g/mol. The maximum absolute atomic E-state index is 11.0. The first-order chi connectivity index (χ1) is 11.8. The van der Waals surface area contributed by atoms with Crippen LogP contribution in [-0.4, -0.2) is 16.0 Å². The number of aryl methyl sites for hydroxylation is 1. The quantitative estimate of drug-likeness (QED) is 0.482. The fourth-order valence-electron chi connectivity index (χ4n) is 1.88. The lowest BCUT2D eigenvalue weighted by molar-refractivity contribution is -0.385. The summed E-state index contributed by atoms with van der Waals surface area (Å²) >= 11 is 0. The van der Waals surface area contributed by atoms with Crippen LogP contribution in [0, 0.1) is 17.0 Å². The number of hydrogen-bond donors (Lipinski definition) is 1. The number of hydrogen-bond acceptors (Lipinski definition) is 3. The van der Waals surface area contributed by atoms with E-state index in [9.17, 15) is 14.9 Å². The van der Waals surface area contributed by atoms with Gasteiger partial charge in [0.2, 0.25) is 0 Å². The normalized spacial score (nSPS) is 9.96. The molecule has 1 aromatic rings. The van der Waals surface area contributed by atoms with Crippen molar-refractivity contribution in [1.29, 1.82) is 0 Å². The highest BCUT2D eigenvalue weighted by molar-refractivity contribution is 5.71. The van der Waals surface area contributed by atoms with Crippen molar-refractivity contribution < 1.29 is 14.8 Å². The minimum atomic E-state index is -0.929. The molecule has 5 nitrogen and oxygen atoms in total. The first-order valence-electron chi connectivity index (χ1n) is 9.27. The van der Waals surface area contributed by atoms with Gasteiger partial charge in [0.25, 0.3) is 5.69 Å². The highest BCUT2D eigenvalue weighted by atomic mass is 16.6. The number of aliphatic carboxylic acids is 1. The number of carbonyl (C=O) groups is 1. The molecule has 0 aliphatic rings. The summed E-state index contributed by atoms with van der Waals surface area (Å²) in [6, 6.07) is 3.13. The van der Waals surface area contributed by atoms with Crippen molar-refractivity contribution in [3.63, 3.8) is 0 Å². The van der Waals surface area contributed by atoms with Gasteiger partial charge in [-0.25, -0.2) is 0 Å². The molecule has 5 heteroatoms. The molecule has 0 aliphatic carbocycles. The van der Waals surface area contributed by atoms with E-state index in [0.29, 0.717) is 16.7 Å². The van der Waals surface area contributed by atoms with Crippen molar-refractivity contribution >= 4 is 11.7 Å². The molecule has 0 bridgehead atoms. The minimum absolute atomic E-state index is 0.0403. The molecule has 0 radical (unpaired) electrons. The summed E-state index contributed by atoms with van der Waals surface area (Å²) in [7, 11) is 0. The molecule has 1 aromatic carbocycles. The van der Waals surface area contributed by atoms with Gasteiger partial charge in [-0.15, -0.1) is 0 Å². The number of nitro groups is 1.